The minimum Gasteiger partial charge on any atom is -0.245 e. The van der Waals surface area contributed by atoms with Gasteiger partial charge in [-0.15, -0.1) is 0 Å². The lowest BCUT2D eigenvalue weighted by atomic mass is 9.93. The van der Waals surface area contributed by atoms with E-state index in [1.807, 2.05) is 13.0 Å². The van der Waals surface area contributed by atoms with Crippen molar-refractivity contribution < 1.29 is 0 Å². The summed E-state index contributed by atoms with van der Waals surface area (Å²) in [5.41, 5.74) is 7.67. The smallest absolute Gasteiger partial charge is 0.101 e. The van der Waals surface area contributed by atoms with E-state index in [1.54, 1.807) is 0 Å². The van der Waals surface area contributed by atoms with Crippen LogP contribution in [0, 0.1) is 24.2 Å². The molecule has 0 N–H and O–H groups in total. The second kappa shape index (κ2) is 9.92. The van der Waals surface area contributed by atoms with Gasteiger partial charge in [0, 0.05) is 5.56 Å². The maximum absolute atomic E-state index is 9.87. The zero-order valence-corrected chi connectivity index (χ0v) is 19.1. The second-order valence-corrected chi connectivity index (χ2v) is 8.39. The molecule has 2 nitrogen and oxygen atoms in total. The van der Waals surface area contributed by atoms with Gasteiger partial charge in [0.15, 0.2) is 0 Å². The third kappa shape index (κ3) is 4.74. The molecule has 3 rings (SSSR count). The Labute approximate surface area is 185 Å². The number of benzene rings is 1. The van der Waals surface area contributed by atoms with Gasteiger partial charge in [0.25, 0.3) is 0 Å². The van der Waals surface area contributed by atoms with Crippen LogP contribution in [0.5, 0.6) is 0 Å². The molecule has 1 aromatic carbocycles. The standard InChI is InChI=1S/C27H29ClN2/c1-5-7-20(6-2)24(17-29)26-19(4)16-25(28)27(30-26)23-14-12-22(13-15-23)21-10-8-18(3)9-11-21/h8,10-16,18H,5-7,9H2,1-4H3/b24-20-. The molecular formula is C27H29ClN2. The van der Waals surface area contributed by atoms with Crippen molar-refractivity contribution in [1.82, 2.24) is 4.98 Å². The van der Waals surface area contributed by atoms with Crippen molar-refractivity contribution in [2.24, 2.45) is 5.92 Å². The predicted octanol–water partition coefficient (Wildman–Crippen LogP) is 8.18. The summed E-state index contributed by atoms with van der Waals surface area (Å²) < 4.78 is 0. The number of aryl methyl sites for hydroxylation is 1. The third-order valence-electron chi connectivity index (χ3n) is 5.65. The molecule has 0 saturated carbocycles. The second-order valence-electron chi connectivity index (χ2n) is 7.99. The van der Waals surface area contributed by atoms with Crippen LogP contribution in [0.4, 0.5) is 0 Å². The van der Waals surface area contributed by atoms with Crippen LogP contribution in [-0.2, 0) is 0 Å². The van der Waals surface area contributed by atoms with Crippen LogP contribution in [-0.4, -0.2) is 4.98 Å². The molecule has 154 valence electrons. The maximum atomic E-state index is 9.87. The van der Waals surface area contributed by atoms with Crippen LogP contribution in [0.25, 0.3) is 22.4 Å². The molecular weight excluding hydrogens is 388 g/mol. The number of rotatable bonds is 6. The van der Waals surface area contributed by atoms with E-state index < -0.39 is 0 Å². The van der Waals surface area contributed by atoms with Gasteiger partial charge in [0.05, 0.1) is 22.0 Å². The average molecular weight is 417 g/mol. The molecule has 3 heteroatoms. The monoisotopic (exact) mass is 416 g/mol. The van der Waals surface area contributed by atoms with Crippen LogP contribution in [0.2, 0.25) is 5.02 Å². The van der Waals surface area contributed by atoms with E-state index in [4.69, 9.17) is 16.6 Å². The largest absolute Gasteiger partial charge is 0.245 e. The van der Waals surface area contributed by atoms with Gasteiger partial charge in [-0.25, -0.2) is 4.98 Å². The van der Waals surface area contributed by atoms with E-state index >= 15 is 0 Å². The fourth-order valence-corrected chi connectivity index (χ4v) is 4.19. The first-order valence-electron chi connectivity index (χ1n) is 10.8. The van der Waals surface area contributed by atoms with Crippen LogP contribution >= 0.6 is 11.6 Å². The molecule has 0 spiro atoms. The van der Waals surface area contributed by atoms with E-state index in [0.717, 1.165) is 53.8 Å². The summed E-state index contributed by atoms with van der Waals surface area (Å²) in [6.45, 7) is 8.43. The van der Waals surface area contributed by atoms with Crippen molar-refractivity contribution in [3.05, 3.63) is 76.0 Å². The zero-order valence-electron chi connectivity index (χ0n) is 18.3. The number of nitrogens with zero attached hydrogens (tertiary/aromatic N) is 2. The molecule has 0 saturated heterocycles. The molecule has 1 unspecified atom stereocenters. The van der Waals surface area contributed by atoms with Crippen molar-refractivity contribution >= 4 is 22.7 Å². The Morgan fingerprint density at radius 1 is 1.20 bits per heavy atom. The molecule has 2 aromatic rings. The molecule has 1 atom stereocenters. The van der Waals surface area contributed by atoms with Gasteiger partial charge in [-0.2, -0.15) is 5.26 Å². The number of pyridine rings is 1. The number of halogens is 1. The minimum atomic E-state index is 0.602. The average Bonchev–Trinajstić information content (AvgIpc) is 2.75. The molecule has 0 aliphatic heterocycles. The zero-order chi connectivity index (χ0) is 21.7. The van der Waals surface area contributed by atoms with Crippen LogP contribution < -0.4 is 0 Å². The lowest BCUT2D eigenvalue weighted by Crippen LogP contribution is -2.00. The fourth-order valence-electron chi connectivity index (χ4n) is 3.88. The Bertz CT molecular complexity index is 1050. The molecule has 30 heavy (non-hydrogen) atoms. The highest BCUT2D eigenvalue weighted by molar-refractivity contribution is 6.33. The highest BCUT2D eigenvalue weighted by Gasteiger charge is 2.16. The third-order valence-corrected chi connectivity index (χ3v) is 5.94. The first-order valence-corrected chi connectivity index (χ1v) is 11.1. The lowest BCUT2D eigenvalue weighted by Gasteiger charge is -2.14. The number of allylic oxidation sites excluding steroid dienone is 6. The highest BCUT2D eigenvalue weighted by Crippen LogP contribution is 2.33. The van der Waals surface area contributed by atoms with Crippen molar-refractivity contribution in [3.8, 4) is 17.3 Å². The van der Waals surface area contributed by atoms with Gasteiger partial charge in [0.1, 0.15) is 6.07 Å². The van der Waals surface area contributed by atoms with E-state index in [9.17, 15) is 5.26 Å². The summed E-state index contributed by atoms with van der Waals surface area (Å²) >= 11 is 6.58. The number of aromatic nitrogens is 1. The van der Waals surface area contributed by atoms with E-state index in [-0.39, 0.29) is 0 Å². The van der Waals surface area contributed by atoms with E-state index in [0.29, 0.717) is 16.5 Å². The molecule has 0 bridgehead atoms. The first kappa shape index (κ1) is 22.1. The quantitative estimate of drug-likeness (QED) is 0.445. The molecule has 0 fully saturated rings. The number of nitriles is 1. The Morgan fingerprint density at radius 2 is 1.90 bits per heavy atom. The number of hydrogen-bond donors (Lipinski definition) is 0. The Hall–Kier alpha value is -2.63. The first-order chi connectivity index (χ1) is 14.5. The van der Waals surface area contributed by atoms with Gasteiger partial charge >= 0.3 is 0 Å². The Balaban J connectivity index is 2.02. The van der Waals surface area contributed by atoms with Crippen molar-refractivity contribution in [3.63, 3.8) is 0 Å². The molecule has 1 aliphatic carbocycles. The molecule has 0 amide bonds. The van der Waals surface area contributed by atoms with Gasteiger partial charge in [0.2, 0.25) is 0 Å². The predicted molar refractivity (Wildman–Crippen MR) is 128 cm³/mol. The van der Waals surface area contributed by atoms with Crippen molar-refractivity contribution in [2.45, 2.75) is 53.4 Å². The van der Waals surface area contributed by atoms with Gasteiger partial charge in [-0.05, 0) is 54.9 Å². The normalized spacial score (nSPS) is 16.7. The van der Waals surface area contributed by atoms with Gasteiger partial charge < -0.3 is 0 Å². The summed E-state index contributed by atoms with van der Waals surface area (Å²) in [4.78, 5) is 4.88. The highest BCUT2D eigenvalue weighted by atomic mass is 35.5. The van der Waals surface area contributed by atoms with Crippen LogP contribution in [0.15, 0.2) is 54.1 Å². The Kier molecular flexibility index (Phi) is 7.29. The van der Waals surface area contributed by atoms with Crippen LogP contribution in [0.3, 0.4) is 0 Å². The van der Waals surface area contributed by atoms with Gasteiger partial charge in [-0.3, -0.25) is 0 Å². The summed E-state index contributed by atoms with van der Waals surface area (Å²) in [7, 11) is 0. The summed E-state index contributed by atoms with van der Waals surface area (Å²) in [6, 6.07) is 12.7. The van der Waals surface area contributed by atoms with Gasteiger partial charge in [-0.1, -0.05) is 86.9 Å². The summed E-state index contributed by atoms with van der Waals surface area (Å²) in [5, 5.41) is 10.5. The molecule has 0 radical (unpaired) electrons. The SMILES string of the molecule is CCC/C(CC)=C(/C#N)c1nc(-c2ccc(C3=CCC(C)C=C3)cc2)c(Cl)cc1C. The minimum absolute atomic E-state index is 0.602. The van der Waals surface area contributed by atoms with E-state index in [1.165, 1.54) is 11.1 Å². The number of hydrogen-bond acceptors (Lipinski definition) is 2. The van der Waals surface area contributed by atoms with Crippen LogP contribution in [0.1, 0.15) is 63.3 Å². The van der Waals surface area contributed by atoms with Crippen molar-refractivity contribution in [1.29, 1.82) is 5.26 Å². The van der Waals surface area contributed by atoms with Crippen molar-refractivity contribution in [2.75, 3.05) is 0 Å². The summed E-state index contributed by atoms with van der Waals surface area (Å²) in [5.74, 6) is 0.602. The Morgan fingerprint density at radius 3 is 2.47 bits per heavy atom. The summed E-state index contributed by atoms with van der Waals surface area (Å²) in [6.07, 6.45) is 10.6. The maximum Gasteiger partial charge on any atom is 0.101 e. The molecule has 1 heterocycles. The lowest BCUT2D eigenvalue weighted by molar-refractivity contribution is 0.739. The molecule has 1 aromatic heterocycles. The topological polar surface area (TPSA) is 36.7 Å². The fraction of sp³-hybridized carbons (Fsp3) is 0.333. The molecule has 1 aliphatic rings. The van der Waals surface area contributed by atoms with E-state index in [2.05, 4.69) is 69.3 Å².